The Balaban J connectivity index is 2.42. The van der Waals surface area contributed by atoms with E-state index in [9.17, 15) is 18.0 Å². The van der Waals surface area contributed by atoms with Gasteiger partial charge < -0.3 is 10.6 Å². The molecule has 1 aromatic rings. The number of rotatable bonds is 4. The van der Waals surface area contributed by atoms with Crippen molar-refractivity contribution in [2.75, 3.05) is 18.4 Å². The number of hydrogen-bond donors (Lipinski definition) is 2. The fourth-order valence-corrected chi connectivity index (χ4v) is 1.25. The Kier molecular flexibility index (Phi) is 4.92. The Hall–Kier alpha value is -1.34. The summed E-state index contributed by atoms with van der Waals surface area (Å²) in [7, 11) is 0. The van der Waals surface area contributed by atoms with Gasteiger partial charge in [-0.05, 0) is 18.6 Å². The maximum Gasteiger partial charge on any atom is 0.401 e. The predicted octanol–water partition coefficient (Wildman–Crippen LogP) is 2.13. The van der Waals surface area contributed by atoms with E-state index in [0.717, 1.165) is 0 Å². The van der Waals surface area contributed by atoms with Crippen LogP contribution in [0.25, 0.3) is 0 Å². The number of nitrogens with one attached hydrogen (secondary N) is 2. The number of amides is 1. The van der Waals surface area contributed by atoms with Crippen LogP contribution in [0.1, 0.15) is 5.56 Å². The quantitative estimate of drug-likeness (QED) is 0.832. The zero-order valence-electron chi connectivity index (χ0n) is 9.44. The van der Waals surface area contributed by atoms with E-state index in [1.165, 1.54) is 6.20 Å². The molecule has 0 radical (unpaired) electrons. The van der Waals surface area contributed by atoms with Crippen LogP contribution >= 0.6 is 11.6 Å². The standard InChI is InChI=1S/C10H11ClF3N3O/c1-6-2-7(3-16-9(6)11)17-8(18)4-15-5-10(12,13)14/h2-3,15H,4-5H2,1H3,(H,17,18). The first-order valence-electron chi connectivity index (χ1n) is 4.97. The third kappa shape index (κ3) is 5.33. The Morgan fingerprint density at radius 2 is 2.17 bits per heavy atom. The van der Waals surface area contributed by atoms with E-state index in [1.807, 2.05) is 5.32 Å². The second kappa shape index (κ2) is 6.01. The summed E-state index contributed by atoms with van der Waals surface area (Å²) in [6.07, 6.45) is -3.00. The maximum absolute atomic E-state index is 11.8. The van der Waals surface area contributed by atoms with Crippen LogP contribution in [0.3, 0.4) is 0 Å². The number of anilines is 1. The molecule has 1 rings (SSSR count). The van der Waals surface area contributed by atoms with Crippen molar-refractivity contribution in [2.45, 2.75) is 13.1 Å². The van der Waals surface area contributed by atoms with E-state index >= 15 is 0 Å². The van der Waals surface area contributed by atoms with Crippen LogP contribution in [0.2, 0.25) is 5.15 Å². The molecule has 0 aliphatic carbocycles. The molecule has 0 unspecified atom stereocenters. The lowest BCUT2D eigenvalue weighted by Crippen LogP contribution is -2.35. The van der Waals surface area contributed by atoms with Crippen molar-refractivity contribution in [2.24, 2.45) is 0 Å². The van der Waals surface area contributed by atoms with Gasteiger partial charge in [0.1, 0.15) is 5.15 Å². The molecule has 8 heteroatoms. The van der Waals surface area contributed by atoms with Crippen molar-refractivity contribution in [1.29, 1.82) is 0 Å². The van der Waals surface area contributed by atoms with Crippen molar-refractivity contribution in [3.05, 3.63) is 23.0 Å². The van der Waals surface area contributed by atoms with Crippen LogP contribution in [0.5, 0.6) is 0 Å². The molecule has 4 nitrogen and oxygen atoms in total. The zero-order valence-corrected chi connectivity index (χ0v) is 10.2. The van der Waals surface area contributed by atoms with Crippen molar-refractivity contribution >= 4 is 23.2 Å². The Labute approximate surface area is 107 Å². The summed E-state index contributed by atoms with van der Waals surface area (Å²) in [6.45, 7) is 0.0619. The maximum atomic E-state index is 11.8. The van der Waals surface area contributed by atoms with Gasteiger partial charge in [0.05, 0.1) is 25.0 Å². The third-order valence-corrected chi connectivity index (χ3v) is 2.30. The molecule has 0 bridgehead atoms. The van der Waals surface area contributed by atoms with Gasteiger partial charge in [-0.15, -0.1) is 0 Å². The Bertz CT molecular complexity index is 437. The number of hydrogen-bond acceptors (Lipinski definition) is 3. The Morgan fingerprint density at radius 1 is 1.50 bits per heavy atom. The van der Waals surface area contributed by atoms with Crippen LogP contribution in [0.4, 0.5) is 18.9 Å². The molecule has 0 aromatic carbocycles. The first-order valence-corrected chi connectivity index (χ1v) is 5.35. The molecule has 1 aromatic heterocycles. The molecule has 2 N–H and O–H groups in total. The number of alkyl halides is 3. The molecule has 0 fully saturated rings. The smallest absolute Gasteiger partial charge is 0.324 e. The molecule has 0 saturated heterocycles. The second-order valence-corrected chi connectivity index (χ2v) is 3.96. The number of nitrogens with zero attached hydrogens (tertiary/aromatic N) is 1. The van der Waals surface area contributed by atoms with Gasteiger partial charge in [-0.25, -0.2) is 4.98 Å². The van der Waals surface area contributed by atoms with Gasteiger partial charge in [0.15, 0.2) is 0 Å². The first-order chi connectivity index (χ1) is 8.28. The topological polar surface area (TPSA) is 54.0 Å². The van der Waals surface area contributed by atoms with Gasteiger partial charge in [-0.3, -0.25) is 4.79 Å². The summed E-state index contributed by atoms with van der Waals surface area (Å²) < 4.78 is 35.4. The molecular weight excluding hydrogens is 271 g/mol. The molecule has 0 aliphatic heterocycles. The van der Waals surface area contributed by atoms with Crippen molar-refractivity contribution in [3.63, 3.8) is 0 Å². The number of aryl methyl sites for hydroxylation is 1. The molecule has 0 spiro atoms. The summed E-state index contributed by atoms with van der Waals surface area (Å²) in [5, 5.41) is 4.70. The highest BCUT2D eigenvalue weighted by Gasteiger charge is 2.26. The van der Waals surface area contributed by atoms with Gasteiger partial charge in [0.2, 0.25) is 5.91 Å². The first kappa shape index (κ1) is 14.7. The van der Waals surface area contributed by atoms with Crippen LogP contribution < -0.4 is 10.6 Å². The number of pyridine rings is 1. The largest absolute Gasteiger partial charge is 0.401 e. The lowest BCUT2D eigenvalue weighted by Gasteiger charge is -2.09. The summed E-state index contributed by atoms with van der Waals surface area (Å²) in [4.78, 5) is 15.1. The van der Waals surface area contributed by atoms with Gasteiger partial charge in [0, 0.05) is 0 Å². The van der Waals surface area contributed by atoms with Crippen LogP contribution in [0.15, 0.2) is 12.3 Å². The molecule has 0 aliphatic rings. The summed E-state index contributed by atoms with van der Waals surface area (Å²) in [6, 6.07) is 1.58. The minimum atomic E-state index is -4.33. The fraction of sp³-hybridized carbons (Fsp3) is 0.400. The molecule has 0 saturated carbocycles. The fourth-order valence-electron chi connectivity index (χ4n) is 1.15. The van der Waals surface area contributed by atoms with E-state index < -0.39 is 25.2 Å². The van der Waals surface area contributed by atoms with Crippen molar-refractivity contribution in [3.8, 4) is 0 Å². The van der Waals surface area contributed by atoms with E-state index in [-0.39, 0.29) is 0 Å². The Morgan fingerprint density at radius 3 is 2.72 bits per heavy atom. The van der Waals surface area contributed by atoms with Gasteiger partial charge in [-0.1, -0.05) is 11.6 Å². The second-order valence-electron chi connectivity index (χ2n) is 3.60. The normalized spacial score (nSPS) is 11.4. The van der Waals surface area contributed by atoms with Gasteiger partial charge in [0.25, 0.3) is 0 Å². The number of aromatic nitrogens is 1. The zero-order chi connectivity index (χ0) is 13.8. The van der Waals surface area contributed by atoms with E-state index in [4.69, 9.17) is 11.6 Å². The van der Waals surface area contributed by atoms with Gasteiger partial charge >= 0.3 is 6.18 Å². The highest BCUT2D eigenvalue weighted by atomic mass is 35.5. The summed E-state index contributed by atoms with van der Waals surface area (Å²) in [5.41, 5.74) is 1.05. The van der Waals surface area contributed by atoms with E-state index in [0.29, 0.717) is 16.4 Å². The number of carbonyl (C=O) groups is 1. The molecule has 100 valence electrons. The molecule has 0 atom stereocenters. The average Bonchev–Trinajstić information content (AvgIpc) is 2.21. The lowest BCUT2D eigenvalue weighted by molar-refractivity contribution is -0.126. The number of halogens is 4. The SMILES string of the molecule is Cc1cc(NC(=O)CNCC(F)(F)F)cnc1Cl. The highest BCUT2D eigenvalue weighted by Crippen LogP contribution is 2.16. The van der Waals surface area contributed by atoms with Crippen molar-refractivity contribution in [1.82, 2.24) is 10.3 Å². The molecule has 1 amide bonds. The third-order valence-electron chi connectivity index (χ3n) is 1.91. The minimum Gasteiger partial charge on any atom is -0.324 e. The van der Waals surface area contributed by atoms with E-state index in [2.05, 4.69) is 10.3 Å². The minimum absolute atomic E-state index is 0.309. The monoisotopic (exact) mass is 281 g/mol. The van der Waals surface area contributed by atoms with Crippen LogP contribution in [0, 0.1) is 6.92 Å². The molecule has 18 heavy (non-hydrogen) atoms. The van der Waals surface area contributed by atoms with Crippen molar-refractivity contribution < 1.29 is 18.0 Å². The van der Waals surface area contributed by atoms with E-state index in [1.54, 1.807) is 13.0 Å². The summed E-state index contributed by atoms with van der Waals surface area (Å²) >= 11 is 5.69. The number of carbonyl (C=O) groups excluding carboxylic acids is 1. The average molecular weight is 282 g/mol. The lowest BCUT2D eigenvalue weighted by atomic mass is 10.3. The summed E-state index contributed by atoms with van der Waals surface area (Å²) in [5.74, 6) is -0.581. The molecule has 1 heterocycles. The van der Waals surface area contributed by atoms with Crippen LogP contribution in [-0.2, 0) is 4.79 Å². The van der Waals surface area contributed by atoms with Crippen LogP contribution in [-0.4, -0.2) is 30.2 Å². The highest BCUT2D eigenvalue weighted by molar-refractivity contribution is 6.30. The van der Waals surface area contributed by atoms with Gasteiger partial charge in [-0.2, -0.15) is 13.2 Å². The molecular formula is C10H11ClF3N3O. The predicted molar refractivity (Wildman–Crippen MR) is 61.5 cm³/mol.